The number of aliphatic hydroxyl groups is 12. The van der Waals surface area contributed by atoms with Gasteiger partial charge in [-0.2, -0.15) is 0 Å². The van der Waals surface area contributed by atoms with Crippen LogP contribution in [0.2, 0.25) is 0 Å². The highest BCUT2D eigenvalue weighted by atomic mass is 16.8. The van der Waals surface area contributed by atoms with Crippen LogP contribution in [0.5, 0.6) is 0 Å². The Hall–Kier alpha value is -0.760. The second-order valence-electron chi connectivity index (χ2n) is 23.9. The van der Waals surface area contributed by atoms with Gasteiger partial charge in [0.1, 0.15) is 67.1 Å². The molecule has 21 unspecified atom stereocenters. The van der Waals surface area contributed by atoms with Crippen molar-refractivity contribution in [2.45, 2.75) is 228 Å². The zero-order valence-corrected chi connectivity index (χ0v) is 39.3. The minimum absolute atomic E-state index is 0.0208. The first kappa shape index (κ1) is 50.2. The van der Waals surface area contributed by atoms with Crippen molar-refractivity contribution in [1.82, 2.24) is 0 Å². The van der Waals surface area contributed by atoms with E-state index in [1.165, 1.54) is 0 Å². The van der Waals surface area contributed by atoms with Crippen molar-refractivity contribution in [1.29, 1.82) is 0 Å². The van der Waals surface area contributed by atoms with Crippen LogP contribution in [-0.2, 0) is 33.2 Å². The van der Waals surface area contributed by atoms with E-state index in [0.29, 0.717) is 38.5 Å². The monoisotopic (exact) mass is 947 g/mol. The molecular formula is C47H78O19. The lowest BCUT2D eigenvalue weighted by molar-refractivity contribution is -0.369. The third kappa shape index (κ3) is 7.30. The second-order valence-corrected chi connectivity index (χ2v) is 23.9. The normalized spacial score (nSPS) is 58.0. The van der Waals surface area contributed by atoms with E-state index in [1.54, 1.807) is 13.8 Å². The Bertz CT molecular complexity index is 1760. The van der Waals surface area contributed by atoms with Gasteiger partial charge in [0.15, 0.2) is 18.9 Å². The van der Waals surface area contributed by atoms with Gasteiger partial charge in [-0.15, -0.1) is 0 Å². The molecule has 5 aliphatic carbocycles. The van der Waals surface area contributed by atoms with Gasteiger partial charge in [-0.1, -0.05) is 27.7 Å². The van der Waals surface area contributed by atoms with Gasteiger partial charge >= 0.3 is 0 Å². The number of hydrogen-bond donors (Lipinski definition) is 12. The van der Waals surface area contributed by atoms with E-state index in [0.717, 1.165) is 19.3 Å². The number of ether oxygens (including phenoxy) is 7. The van der Waals surface area contributed by atoms with Crippen LogP contribution < -0.4 is 0 Å². The summed E-state index contributed by atoms with van der Waals surface area (Å²) in [4.78, 5) is 0. The summed E-state index contributed by atoms with van der Waals surface area (Å²) in [6, 6.07) is 0. The summed E-state index contributed by atoms with van der Waals surface area (Å²) in [6.45, 7) is 12.7. The summed E-state index contributed by atoms with van der Waals surface area (Å²) < 4.78 is 44.3. The number of fused-ring (bicyclic) bond motifs is 2. The van der Waals surface area contributed by atoms with Crippen LogP contribution in [0.3, 0.4) is 0 Å². The molecule has 2 spiro atoms. The van der Waals surface area contributed by atoms with Crippen LogP contribution >= 0.6 is 0 Å². The Labute approximate surface area is 386 Å². The molecule has 4 saturated heterocycles. The van der Waals surface area contributed by atoms with E-state index < -0.39 is 140 Å². The molecule has 9 rings (SSSR count). The van der Waals surface area contributed by atoms with Gasteiger partial charge in [0.05, 0.1) is 55.4 Å². The van der Waals surface area contributed by atoms with Crippen molar-refractivity contribution in [3.63, 3.8) is 0 Å². The molecule has 5 saturated carbocycles. The average Bonchev–Trinajstić information content (AvgIpc) is 3.62. The summed E-state index contributed by atoms with van der Waals surface area (Å²) in [5.41, 5.74) is -3.78. The fourth-order valence-corrected chi connectivity index (χ4v) is 16.3. The summed E-state index contributed by atoms with van der Waals surface area (Å²) >= 11 is 0. The maximum atomic E-state index is 12.3. The fraction of sp³-hybridized carbons (Fsp3) is 1.00. The van der Waals surface area contributed by atoms with E-state index in [-0.39, 0.29) is 46.7 Å². The third-order valence-electron chi connectivity index (χ3n) is 19.7. The first-order valence-corrected chi connectivity index (χ1v) is 24.4. The Balaban J connectivity index is 1.04. The maximum absolute atomic E-state index is 12.3. The maximum Gasteiger partial charge on any atom is 0.187 e. The molecule has 0 radical (unpaired) electrons. The standard InChI is InChI=1S/C47H78O19/c1-41(2)26(64-40-35(28(52)21(51)18-60-40)65-39-34(58)32(56)30(54)24(17-49)63-39)9-11-47-19-46(47)13-12-43(5)36(45(7)10-8-27(66-45)42(3,4)59)20(50)15-44(43,6)25(46)14-22(37(41)47)61-38-33(57)31(55)29(53)23(16-48)62-38/h20-40,48-59H,8-19H2,1-7H3/t20?,21?,22?,23?,24?,25?,26?,27?,28?,29?,30?,31?,32?,33?,34?,35?,36?,37?,38?,39?,40?,43-,44+,45-,46+,47-/m1/s1. The summed E-state index contributed by atoms with van der Waals surface area (Å²) in [5.74, 6) is -0.484. The predicted octanol–water partition coefficient (Wildman–Crippen LogP) is -1.45. The van der Waals surface area contributed by atoms with E-state index in [4.69, 9.17) is 33.2 Å². The molecule has 9 fully saturated rings. The van der Waals surface area contributed by atoms with Crippen molar-refractivity contribution >= 4 is 0 Å². The molecule has 4 aliphatic heterocycles. The Morgan fingerprint density at radius 2 is 1.21 bits per heavy atom. The highest BCUT2D eigenvalue weighted by Gasteiger charge is 2.85. The molecule has 26 atom stereocenters. The van der Waals surface area contributed by atoms with Crippen molar-refractivity contribution < 1.29 is 94.4 Å². The Morgan fingerprint density at radius 1 is 0.606 bits per heavy atom. The van der Waals surface area contributed by atoms with Crippen LogP contribution in [0.25, 0.3) is 0 Å². The first-order valence-electron chi connectivity index (χ1n) is 24.4. The predicted molar refractivity (Wildman–Crippen MR) is 226 cm³/mol. The van der Waals surface area contributed by atoms with E-state index in [9.17, 15) is 61.3 Å². The van der Waals surface area contributed by atoms with Crippen molar-refractivity contribution in [3.05, 3.63) is 0 Å². The van der Waals surface area contributed by atoms with Gasteiger partial charge < -0.3 is 94.4 Å². The van der Waals surface area contributed by atoms with Crippen LogP contribution in [0.4, 0.5) is 0 Å². The Kier molecular flexibility index (Phi) is 12.9. The van der Waals surface area contributed by atoms with Crippen molar-refractivity contribution in [2.24, 2.45) is 44.8 Å². The minimum Gasteiger partial charge on any atom is -0.394 e. The fourth-order valence-electron chi connectivity index (χ4n) is 16.3. The van der Waals surface area contributed by atoms with E-state index >= 15 is 0 Å². The zero-order chi connectivity index (χ0) is 48.1. The van der Waals surface area contributed by atoms with E-state index in [1.807, 2.05) is 0 Å². The van der Waals surface area contributed by atoms with Crippen LogP contribution in [0, 0.1) is 44.8 Å². The largest absolute Gasteiger partial charge is 0.394 e. The molecular weight excluding hydrogens is 868 g/mol. The van der Waals surface area contributed by atoms with Gasteiger partial charge in [0.25, 0.3) is 0 Å². The summed E-state index contributed by atoms with van der Waals surface area (Å²) in [7, 11) is 0. The van der Waals surface area contributed by atoms with Gasteiger partial charge in [0, 0.05) is 5.92 Å². The lowest BCUT2D eigenvalue weighted by Gasteiger charge is -2.65. The van der Waals surface area contributed by atoms with Crippen molar-refractivity contribution in [3.8, 4) is 0 Å². The molecule has 0 bridgehead atoms. The van der Waals surface area contributed by atoms with E-state index in [2.05, 4.69) is 34.6 Å². The molecule has 19 heteroatoms. The number of hydrogen-bond acceptors (Lipinski definition) is 19. The quantitative estimate of drug-likeness (QED) is 0.112. The molecule has 0 aromatic carbocycles. The molecule has 19 nitrogen and oxygen atoms in total. The average molecular weight is 947 g/mol. The molecule has 66 heavy (non-hydrogen) atoms. The highest BCUT2D eigenvalue weighted by Crippen LogP contribution is 2.89. The lowest BCUT2D eigenvalue weighted by Crippen LogP contribution is -2.66. The smallest absolute Gasteiger partial charge is 0.187 e. The van der Waals surface area contributed by atoms with Gasteiger partial charge in [0.2, 0.25) is 0 Å². The van der Waals surface area contributed by atoms with Crippen LogP contribution in [0.15, 0.2) is 0 Å². The van der Waals surface area contributed by atoms with Crippen LogP contribution in [0.1, 0.15) is 106 Å². The molecule has 0 aromatic rings. The van der Waals surface area contributed by atoms with Crippen LogP contribution in [-0.4, -0.2) is 203 Å². The number of aliphatic hydroxyl groups excluding tert-OH is 11. The highest BCUT2D eigenvalue weighted by molar-refractivity contribution is 5.33. The van der Waals surface area contributed by atoms with Gasteiger partial charge in [-0.05, 0) is 117 Å². The summed E-state index contributed by atoms with van der Waals surface area (Å²) in [5, 5.41) is 130. The van der Waals surface area contributed by atoms with Crippen molar-refractivity contribution in [2.75, 3.05) is 19.8 Å². The Morgan fingerprint density at radius 3 is 1.79 bits per heavy atom. The second kappa shape index (κ2) is 16.9. The lowest BCUT2D eigenvalue weighted by atomic mass is 9.41. The van der Waals surface area contributed by atoms with Gasteiger partial charge in [-0.25, -0.2) is 0 Å². The SMILES string of the molecule is CC(C)(O)C1CC[C@](C)(C2C(O)C[C@@]3(C)C4CC(OC5OC(CO)C(O)C(O)C5O)C5C(C)(C)C(OC6OCC(O)C(O)C6OC6OC(CO)C(O)C(O)C6O)CC[C@@]56C[C@@]46CC[C@]23C)O1. The molecule has 12 N–H and O–H groups in total. The molecule has 4 heterocycles. The number of rotatable bonds is 10. The topological polar surface area (TPSA) is 307 Å². The molecule has 380 valence electrons. The summed E-state index contributed by atoms with van der Waals surface area (Å²) in [6.07, 6.45) is -17.6. The zero-order valence-electron chi connectivity index (χ0n) is 39.3. The third-order valence-corrected chi connectivity index (χ3v) is 19.7. The minimum atomic E-state index is -1.80. The van der Waals surface area contributed by atoms with Gasteiger partial charge in [-0.3, -0.25) is 0 Å². The molecule has 0 aromatic heterocycles. The molecule has 0 amide bonds. The first-order chi connectivity index (χ1) is 30.7. The molecule has 9 aliphatic rings.